The summed E-state index contributed by atoms with van der Waals surface area (Å²) in [5.41, 5.74) is 2.38. The molecule has 0 spiro atoms. The summed E-state index contributed by atoms with van der Waals surface area (Å²) in [7, 11) is 1.43. The Bertz CT molecular complexity index is 1200. The van der Waals surface area contributed by atoms with Crippen LogP contribution in [0, 0.1) is 0 Å². The SMILES string of the molecule is COc1cc(CCNc2ncnc3scnc23)ccc1Oc1ccncc1C(F)(F)F. The topological polar surface area (TPSA) is 82.0 Å². The van der Waals surface area contributed by atoms with Gasteiger partial charge in [0.25, 0.3) is 0 Å². The van der Waals surface area contributed by atoms with Crippen LogP contribution < -0.4 is 14.8 Å². The standard InChI is InChI=1S/C20H16F3N5O2S/c1-29-16-8-12(4-7-25-18-17-19(27-10-26-18)31-11-28-17)2-3-15(16)30-14-5-6-24-9-13(14)20(21,22)23/h2-3,5-6,8-11H,4,7H2,1H3,(H,25,26,27). The lowest BCUT2D eigenvalue weighted by Crippen LogP contribution is -2.08. The van der Waals surface area contributed by atoms with Crippen molar-refractivity contribution in [2.24, 2.45) is 0 Å². The Hall–Kier alpha value is -3.47. The minimum atomic E-state index is -4.58. The number of alkyl halides is 3. The molecule has 0 aliphatic carbocycles. The number of ether oxygens (including phenoxy) is 2. The van der Waals surface area contributed by atoms with Crippen molar-refractivity contribution in [1.82, 2.24) is 19.9 Å². The van der Waals surface area contributed by atoms with Gasteiger partial charge in [0.2, 0.25) is 0 Å². The number of nitrogens with zero attached hydrogens (tertiary/aromatic N) is 4. The van der Waals surface area contributed by atoms with E-state index in [1.807, 2.05) is 0 Å². The van der Waals surface area contributed by atoms with Crippen LogP contribution in [0.1, 0.15) is 11.1 Å². The lowest BCUT2D eigenvalue weighted by molar-refractivity contribution is -0.138. The molecule has 0 fully saturated rings. The van der Waals surface area contributed by atoms with Crippen molar-refractivity contribution in [3.8, 4) is 17.2 Å². The first-order valence-corrected chi connectivity index (χ1v) is 9.97. The number of hydrogen-bond donors (Lipinski definition) is 1. The third kappa shape index (κ3) is 4.66. The Kier molecular flexibility index (Phi) is 5.85. The van der Waals surface area contributed by atoms with Crippen LogP contribution in [-0.2, 0) is 12.6 Å². The molecule has 0 saturated heterocycles. The molecule has 11 heteroatoms. The van der Waals surface area contributed by atoms with Crippen LogP contribution in [-0.4, -0.2) is 33.6 Å². The highest BCUT2D eigenvalue weighted by Gasteiger charge is 2.35. The molecular formula is C20H16F3N5O2S. The van der Waals surface area contributed by atoms with Crippen LogP contribution >= 0.6 is 11.3 Å². The average molecular weight is 447 g/mol. The summed E-state index contributed by atoms with van der Waals surface area (Å²) in [6.45, 7) is 0.565. The molecule has 0 atom stereocenters. The van der Waals surface area contributed by atoms with Gasteiger partial charge in [-0.2, -0.15) is 13.2 Å². The molecule has 31 heavy (non-hydrogen) atoms. The van der Waals surface area contributed by atoms with Gasteiger partial charge < -0.3 is 14.8 Å². The molecule has 3 heterocycles. The molecule has 0 aliphatic heterocycles. The first kappa shape index (κ1) is 20.8. The van der Waals surface area contributed by atoms with Gasteiger partial charge >= 0.3 is 6.18 Å². The van der Waals surface area contributed by atoms with Gasteiger partial charge in [0, 0.05) is 18.9 Å². The van der Waals surface area contributed by atoms with E-state index >= 15 is 0 Å². The molecule has 4 rings (SSSR count). The number of halogens is 3. The zero-order chi connectivity index (χ0) is 21.8. The van der Waals surface area contributed by atoms with Crippen molar-refractivity contribution in [2.45, 2.75) is 12.6 Å². The van der Waals surface area contributed by atoms with Crippen molar-refractivity contribution in [3.05, 3.63) is 59.6 Å². The van der Waals surface area contributed by atoms with Crippen molar-refractivity contribution >= 4 is 27.5 Å². The van der Waals surface area contributed by atoms with E-state index in [1.54, 1.807) is 23.7 Å². The maximum atomic E-state index is 13.2. The van der Waals surface area contributed by atoms with E-state index in [9.17, 15) is 13.2 Å². The van der Waals surface area contributed by atoms with Gasteiger partial charge in [-0.3, -0.25) is 4.98 Å². The molecule has 3 aromatic heterocycles. The normalized spacial score (nSPS) is 11.5. The fourth-order valence-corrected chi connectivity index (χ4v) is 3.53. The number of rotatable bonds is 7. The van der Waals surface area contributed by atoms with Gasteiger partial charge in [0.15, 0.2) is 17.3 Å². The number of nitrogens with one attached hydrogen (secondary N) is 1. The van der Waals surface area contributed by atoms with Gasteiger partial charge in [-0.25, -0.2) is 15.0 Å². The maximum Gasteiger partial charge on any atom is 0.421 e. The third-order valence-corrected chi connectivity index (χ3v) is 5.11. The molecule has 4 aromatic rings. The smallest absolute Gasteiger partial charge is 0.421 e. The number of anilines is 1. The van der Waals surface area contributed by atoms with Crippen LogP contribution in [0.25, 0.3) is 10.3 Å². The quantitative estimate of drug-likeness (QED) is 0.429. The fraction of sp³-hybridized carbons (Fsp3) is 0.200. The van der Waals surface area contributed by atoms with Gasteiger partial charge in [0.1, 0.15) is 28.0 Å². The molecule has 160 valence electrons. The lowest BCUT2D eigenvalue weighted by Gasteiger charge is -2.15. The molecular weight excluding hydrogens is 431 g/mol. The molecule has 0 radical (unpaired) electrons. The Labute approximate surface area is 178 Å². The average Bonchev–Trinajstić information content (AvgIpc) is 3.24. The predicted molar refractivity (Wildman–Crippen MR) is 110 cm³/mol. The number of benzene rings is 1. The largest absolute Gasteiger partial charge is 0.493 e. The molecule has 0 saturated carbocycles. The second-order valence-corrected chi connectivity index (χ2v) is 7.20. The molecule has 7 nitrogen and oxygen atoms in total. The second-order valence-electron chi connectivity index (χ2n) is 6.36. The van der Waals surface area contributed by atoms with E-state index in [1.165, 1.54) is 37.0 Å². The van der Waals surface area contributed by atoms with Crippen LogP contribution in [0.3, 0.4) is 0 Å². The number of pyridine rings is 1. The minimum absolute atomic E-state index is 0.177. The van der Waals surface area contributed by atoms with E-state index < -0.39 is 11.7 Å². The predicted octanol–water partition coefficient (Wildman–Crippen LogP) is 4.96. The molecule has 0 amide bonds. The number of thiazole rings is 1. The van der Waals surface area contributed by atoms with Crippen molar-refractivity contribution in [3.63, 3.8) is 0 Å². The van der Waals surface area contributed by atoms with Crippen LogP contribution in [0.5, 0.6) is 17.2 Å². The summed E-state index contributed by atoms with van der Waals surface area (Å²) >= 11 is 1.43. The Balaban J connectivity index is 1.47. The molecule has 1 aromatic carbocycles. The highest BCUT2D eigenvalue weighted by Crippen LogP contribution is 2.39. The van der Waals surface area contributed by atoms with Gasteiger partial charge in [0.05, 0.1) is 12.6 Å². The van der Waals surface area contributed by atoms with Crippen LogP contribution in [0.4, 0.5) is 19.0 Å². The van der Waals surface area contributed by atoms with Crippen molar-refractivity contribution in [2.75, 3.05) is 19.0 Å². The Morgan fingerprint density at radius 3 is 2.74 bits per heavy atom. The van der Waals surface area contributed by atoms with Crippen LogP contribution in [0.15, 0.2) is 48.5 Å². The molecule has 1 N–H and O–H groups in total. The Morgan fingerprint density at radius 1 is 1.06 bits per heavy atom. The number of hydrogen-bond acceptors (Lipinski definition) is 8. The van der Waals surface area contributed by atoms with Gasteiger partial charge in [-0.15, -0.1) is 11.3 Å². The lowest BCUT2D eigenvalue weighted by atomic mass is 10.1. The molecule has 0 unspecified atom stereocenters. The second kappa shape index (κ2) is 8.72. The zero-order valence-corrected chi connectivity index (χ0v) is 17.0. The molecule has 0 bridgehead atoms. The summed E-state index contributed by atoms with van der Waals surface area (Å²) in [5, 5.41) is 3.23. The van der Waals surface area contributed by atoms with E-state index in [0.717, 1.165) is 16.6 Å². The van der Waals surface area contributed by atoms with E-state index in [0.29, 0.717) is 30.0 Å². The number of methoxy groups -OCH3 is 1. The third-order valence-electron chi connectivity index (χ3n) is 4.38. The van der Waals surface area contributed by atoms with E-state index in [4.69, 9.17) is 9.47 Å². The first-order chi connectivity index (χ1) is 15.0. The van der Waals surface area contributed by atoms with Crippen LogP contribution in [0.2, 0.25) is 0 Å². The summed E-state index contributed by atoms with van der Waals surface area (Å²) in [4.78, 5) is 17.0. The maximum absolute atomic E-state index is 13.2. The van der Waals surface area contributed by atoms with Gasteiger partial charge in [-0.1, -0.05) is 6.07 Å². The molecule has 0 aliphatic rings. The summed E-state index contributed by atoms with van der Waals surface area (Å²) in [6, 6.07) is 6.25. The minimum Gasteiger partial charge on any atom is -0.493 e. The Morgan fingerprint density at radius 2 is 1.94 bits per heavy atom. The van der Waals surface area contributed by atoms with E-state index in [2.05, 4.69) is 25.3 Å². The number of aromatic nitrogens is 4. The first-order valence-electron chi connectivity index (χ1n) is 9.10. The highest BCUT2D eigenvalue weighted by atomic mass is 32.1. The highest BCUT2D eigenvalue weighted by molar-refractivity contribution is 7.16. The fourth-order valence-electron chi connectivity index (χ4n) is 2.90. The van der Waals surface area contributed by atoms with Crippen molar-refractivity contribution < 1.29 is 22.6 Å². The van der Waals surface area contributed by atoms with E-state index in [-0.39, 0.29) is 11.5 Å². The zero-order valence-electron chi connectivity index (χ0n) is 16.2. The summed E-state index contributed by atoms with van der Waals surface area (Å²) in [5.74, 6) is 0.809. The van der Waals surface area contributed by atoms with Gasteiger partial charge in [-0.05, 0) is 30.2 Å². The summed E-state index contributed by atoms with van der Waals surface area (Å²) < 4.78 is 50.4. The summed E-state index contributed by atoms with van der Waals surface area (Å²) in [6.07, 6.45) is -0.508. The van der Waals surface area contributed by atoms with Crippen molar-refractivity contribution in [1.29, 1.82) is 0 Å². The monoisotopic (exact) mass is 447 g/mol. The number of fused-ring (bicyclic) bond motifs is 1.